The summed E-state index contributed by atoms with van der Waals surface area (Å²) in [4.78, 5) is 0.275. The zero-order valence-corrected chi connectivity index (χ0v) is 23.1. The fraction of sp³-hybridized carbons (Fsp3) is 0.133. The van der Waals surface area contributed by atoms with Gasteiger partial charge in [-0.2, -0.15) is 0 Å². The van der Waals surface area contributed by atoms with Gasteiger partial charge in [0.25, 0.3) is 20.0 Å². The Kier molecular flexibility index (Phi) is 5.35. The van der Waals surface area contributed by atoms with Crippen LogP contribution in [0, 0.1) is 27.7 Å². The molecule has 0 saturated heterocycles. The van der Waals surface area contributed by atoms with Gasteiger partial charge in [0.1, 0.15) is 0 Å². The summed E-state index contributed by atoms with van der Waals surface area (Å²) < 4.78 is 59.7. The molecule has 0 aliphatic heterocycles. The Morgan fingerprint density at radius 2 is 1.00 bits per heavy atom. The van der Waals surface area contributed by atoms with E-state index in [-0.39, 0.29) is 9.79 Å². The summed E-state index contributed by atoms with van der Waals surface area (Å²) in [6.45, 7) is 7.58. The fourth-order valence-corrected chi connectivity index (χ4v) is 8.41. The summed E-state index contributed by atoms with van der Waals surface area (Å²) in [5, 5.41) is 1.11. The van der Waals surface area contributed by atoms with E-state index in [1.807, 2.05) is 39.8 Å². The van der Waals surface area contributed by atoms with E-state index < -0.39 is 20.0 Å². The van der Waals surface area contributed by atoms with E-state index in [0.29, 0.717) is 32.8 Å². The summed E-state index contributed by atoms with van der Waals surface area (Å²) in [5.41, 5.74) is 5.13. The minimum absolute atomic E-state index is 0.136. The van der Waals surface area contributed by atoms with Gasteiger partial charge in [-0.1, -0.05) is 65.2 Å². The smallest absolute Gasteiger partial charge is 0.231 e. The number of fused-ring (bicyclic) bond motifs is 5. The van der Waals surface area contributed by atoms with Crippen LogP contribution in [0.4, 0.5) is 0 Å². The average molecular weight is 543 g/mol. The summed E-state index contributed by atoms with van der Waals surface area (Å²) in [6, 6.07) is 24.2. The Balaban J connectivity index is 1.87. The molecule has 6 nitrogen and oxygen atoms in total. The molecule has 0 aliphatic carbocycles. The van der Waals surface area contributed by atoms with Gasteiger partial charge in [-0.25, -0.2) is 24.8 Å². The van der Waals surface area contributed by atoms with Crippen molar-refractivity contribution < 1.29 is 16.8 Å². The third-order valence-corrected chi connectivity index (χ3v) is 10.5. The summed E-state index contributed by atoms with van der Waals surface area (Å²) in [5.74, 6) is 0. The first-order valence-electron chi connectivity index (χ1n) is 12.2. The van der Waals surface area contributed by atoms with Crippen LogP contribution in [0.2, 0.25) is 0 Å². The fourth-order valence-electron chi connectivity index (χ4n) is 5.28. The van der Waals surface area contributed by atoms with E-state index in [1.165, 1.54) is 7.94 Å². The maximum Gasteiger partial charge on any atom is 0.268 e. The number of aromatic nitrogens is 2. The van der Waals surface area contributed by atoms with E-state index >= 15 is 0 Å². The lowest BCUT2D eigenvalue weighted by atomic mass is 10.1. The van der Waals surface area contributed by atoms with Gasteiger partial charge in [-0.3, -0.25) is 0 Å². The van der Waals surface area contributed by atoms with Crippen LogP contribution in [0.25, 0.3) is 32.8 Å². The highest BCUT2D eigenvalue weighted by Gasteiger charge is 2.32. The highest BCUT2D eigenvalue weighted by molar-refractivity contribution is 7.91. The normalized spacial score (nSPS) is 12.6. The molecule has 0 atom stereocenters. The van der Waals surface area contributed by atoms with Gasteiger partial charge < -0.3 is 0 Å². The van der Waals surface area contributed by atoms with Gasteiger partial charge in [0.05, 0.1) is 31.9 Å². The molecule has 4 aromatic carbocycles. The lowest BCUT2D eigenvalue weighted by Gasteiger charge is -2.12. The highest BCUT2D eigenvalue weighted by atomic mass is 32.2. The number of benzene rings is 4. The number of nitrogens with zero attached hydrogens (tertiary/aromatic N) is 2. The number of para-hydroxylation sites is 1. The molecule has 0 spiro atoms. The molecule has 0 saturated carbocycles. The molecule has 0 aliphatic rings. The van der Waals surface area contributed by atoms with E-state index in [9.17, 15) is 16.8 Å². The SMILES string of the molecule is Cc1ccc(S(=O)(=O)n2c3ccccc3c3c2c2cc(C)cc(C)c2n3S(=O)(=O)c2ccc(C)cc2)cc1. The molecular formula is C30H26N2O4S2. The van der Waals surface area contributed by atoms with Crippen LogP contribution < -0.4 is 0 Å². The molecule has 0 unspecified atom stereocenters. The molecule has 0 fully saturated rings. The van der Waals surface area contributed by atoms with Crippen molar-refractivity contribution in [3.63, 3.8) is 0 Å². The number of aryl methyl sites for hydroxylation is 4. The first kappa shape index (κ1) is 24.5. The van der Waals surface area contributed by atoms with Crippen LogP contribution in [0.1, 0.15) is 22.3 Å². The summed E-state index contributed by atoms with van der Waals surface area (Å²) >= 11 is 0. The second-order valence-electron chi connectivity index (χ2n) is 9.86. The lowest BCUT2D eigenvalue weighted by molar-refractivity contribution is 0.588. The topological polar surface area (TPSA) is 78.1 Å². The van der Waals surface area contributed by atoms with E-state index in [1.54, 1.807) is 72.8 Å². The lowest BCUT2D eigenvalue weighted by Crippen LogP contribution is -2.13. The van der Waals surface area contributed by atoms with Crippen LogP contribution in [-0.2, 0) is 20.0 Å². The molecule has 2 aromatic heterocycles. The number of rotatable bonds is 4. The molecule has 0 bridgehead atoms. The van der Waals surface area contributed by atoms with Gasteiger partial charge in [0, 0.05) is 10.8 Å². The second kappa shape index (κ2) is 8.31. The third kappa shape index (κ3) is 3.44. The molecule has 6 aromatic rings. The molecule has 6 rings (SSSR count). The minimum Gasteiger partial charge on any atom is -0.231 e. The van der Waals surface area contributed by atoms with Gasteiger partial charge in [-0.05, 0) is 69.7 Å². The molecule has 0 radical (unpaired) electrons. The Bertz CT molecular complexity index is 2120. The van der Waals surface area contributed by atoms with Gasteiger partial charge >= 0.3 is 0 Å². The second-order valence-corrected chi connectivity index (χ2v) is 13.4. The summed E-state index contributed by atoms with van der Waals surface area (Å²) in [7, 11) is -8.16. The van der Waals surface area contributed by atoms with Crippen molar-refractivity contribution in [2.45, 2.75) is 37.5 Å². The quantitative estimate of drug-likeness (QED) is 0.256. The molecule has 192 valence electrons. The Hall–Kier alpha value is -3.88. The minimum atomic E-state index is -4.09. The van der Waals surface area contributed by atoms with Crippen molar-refractivity contribution in [2.24, 2.45) is 0 Å². The van der Waals surface area contributed by atoms with Gasteiger partial charge in [0.15, 0.2) is 0 Å². The van der Waals surface area contributed by atoms with E-state index in [2.05, 4.69) is 0 Å². The maximum atomic E-state index is 14.3. The summed E-state index contributed by atoms with van der Waals surface area (Å²) in [6.07, 6.45) is 0. The highest BCUT2D eigenvalue weighted by Crippen LogP contribution is 2.42. The van der Waals surface area contributed by atoms with Crippen LogP contribution in [0.5, 0.6) is 0 Å². The predicted molar refractivity (Wildman–Crippen MR) is 152 cm³/mol. The van der Waals surface area contributed by atoms with Crippen molar-refractivity contribution in [1.82, 2.24) is 7.94 Å². The largest absolute Gasteiger partial charge is 0.268 e. The van der Waals surface area contributed by atoms with Crippen molar-refractivity contribution >= 4 is 52.9 Å². The number of hydrogen-bond acceptors (Lipinski definition) is 4. The van der Waals surface area contributed by atoms with E-state index in [0.717, 1.165) is 22.3 Å². The zero-order valence-electron chi connectivity index (χ0n) is 21.4. The van der Waals surface area contributed by atoms with Crippen molar-refractivity contribution in [1.29, 1.82) is 0 Å². The predicted octanol–water partition coefficient (Wildman–Crippen LogP) is 6.46. The molecular weight excluding hydrogens is 516 g/mol. The van der Waals surface area contributed by atoms with E-state index in [4.69, 9.17) is 0 Å². The number of hydrogen-bond donors (Lipinski definition) is 0. The molecule has 38 heavy (non-hydrogen) atoms. The molecule has 0 amide bonds. The van der Waals surface area contributed by atoms with Crippen LogP contribution in [0.15, 0.2) is 94.7 Å². The Labute approximate surface area is 221 Å². The standard InChI is InChI=1S/C30H26N2O4S2/c1-19-9-13-23(14-10-19)37(33,34)31-27-8-6-5-7-25(27)29-30(31)26-18-21(3)17-22(4)28(26)32(29)38(35,36)24-15-11-20(2)12-16-24/h5-18H,1-4H3. The maximum absolute atomic E-state index is 14.3. The molecule has 0 N–H and O–H groups in total. The molecule has 2 heterocycles. The zero-order chi connectivity index (χ0) is 27.0. The van der Waals surface area contributed by atoms with Crippen molar-refractivity contribution in [3.05, 3.63) is 107 Å². The Morgan fingerprint density at radius 1 is 0.500 bits per heavy atom. The van der Waals surface area contributed by atoms with Gasteiger partial charge in [-0.15, -0.1) is 0 Å². The van der Waals surface area contributed by atoms with Crippen LogP contribution in [-0.4, -0.2) is 24.8 Å². The van der Waals surface area contributed by atoms with Crippen LogP contribution in [0.3, 0.4) is 0 Å². The van der Waals surface area contributed by atoms with Gasteiger partial charge in [0.2, 0.25) is 0 Å². The van der Waals surface area contributed by atoms with Crippen molar-refractivity contribution in [3.8, 4) is 0 Å². The first-order chi connectivity index (χ1) is 18.0. The third-order valence-electron chi connectivity index (χ3n) is 7.03. The monoisotopic (exact) mass is 542 g/mol. The molecule has 8 heteroatoms. The Morgan fingerprint density at radius 3 is 1.58 bits per heavy atom. The van der Waals surface area contributed by atoms with Crippen LogP contribution >= 0.6 is 0 Å². The van der Waals surface area contributed by atoms with Crippen molar-refractivity contribution in [2.75, 3.05) is 0 Å². The first-order valence-corrected chi connectivity index (χ1v) is 15.1. The average Bonchev–Trinajstić information content (AvgIpc) is 3.38.